The number of hydrogen-bond acceptors (Lipinski definition) is 4. The summed E-state index contributed by atoms with van der Waals surface area (Å²) >= 11 is 1.50. The van der Waals surface area contributed by atoms with Gasteiger partial charge < -0.3 is 4.42 Å². The van der Waals surface area contributed by atoms with Crippen molar-refractivity contribution in [2.45, 2.75) is 17.8 Å². The maximum Gasteiger partial charge on any atom is 0.229 e. The zero-order valence-corrected chi connectivity index (χ0v) is 15.1. The Labute approximate surface area is 156 Å². The number of nitrogens with zero attached hydrogens (tertiary/aromatic N) is 2. The second kappa shape index (κ2) is 7.07. The summed E-state index contributed by atoms with van der Waals surface area (Å²) in [7, 11) is 0. The molecule has 3 nitrogen and oxygen atoms in total. The van der Waals surface area contributed by atoms with E-state index >= 15 is 0 Å². The smallest absolute Gasteiger partial charge is 0.229 e. The zero-order valence-electron chi connectivity index (χ0n) is 14.3. The van der Waals surface area contributed by atoms with Crippen molar-refractivity contribution in [3.05, 3.63) is 83.6 Å². The molecule has 0 atom stereocenters. The number of aryl methyl sites for hydroxylation is 1. The Morgan fingerprint density at radius 1 is 1.00 bits per heavy atom. The van der Waals surface area contributed by atoms with Gasteiger partial charge in [-0.2, -0.15) is 10.2 Å². The Hall–Kier alpha value is -3.03. The van der Waals surface area contributed by atoms with Crippen LogP contribution in [0, 0.1) is 18.3 Å². The van der Waals surface area contributed by atoms with Crippen molar-refractivity contribution in [1.82, 2.24) is 4.98 Å². The Bertz CT molecular complexity index is 1100. The van der Waals surface area contributed by atoms with Crippen molar-refractivity contribution in [2.75, 3.05) is 0 Å². The Kier molecular flexibility index (Phi) is 4.47. The number of fused-ring (bicyclic) bond motifs is 1. The van der Waals surface area contributed by atoms with Gasteiger partial charge in [0, 0.05) is 11.3 Å². The number of benzene rings is 3. The van der Waals surface area contributed by atoms with Crippen molar-refractivity contribution in [3.63, 3.8) is 0 Å². The molecule has 0 radical (unpaired) electrons. The highest BCUT2D eigenvalue weighted by Gasteiger charge is 2.16. The second-order valence-corrected chi connectivity index (χ2v) is 7.02. The highest BCUT2D eigenvalue weighted by atomic mass is 32.2. The summed E-state index contributed by atoms with van der Waals surface area (Å²) < 4.78 is 5.97. The molecule has 1 heterocycles. The van der Waals surface area contributed by atoms with Crippen LogP contribution in [0.1, 0.15) is 16.8 Å². The SMILES string of the molecule is Cc1ccc(CSc2oc(-c3cccc4ccccc34)nc2C#N)cc1. The van der Waals surface area contributed by atoms with Crippen LogP contribution in [0.15, 0.2) is 76.2 Å². The maximum absolute atomic E-state index is 9.44. The fourth-order valence-electron chi connectivity index (χ4n) is 2.83. The van der Waals surface area contributed by atoms with Gasteiger partial charge in [0.25, 0.3) is 0 Å². The third kappa shape index (κ3) is 3.22. The molecular formula is C22H16N2OS. The Morgan fingerprint density at radius 2 is 1.77 bits per heavy atom. The van der Waals surface area contributed by atoms with E-state index in [1.807, 2.05) is 30.3 Å². The third-order valence-corrected chi connectivity index (χ3v) is 5.23. The molecule has 0 spiro atoms. The van der Waals surface area contributed by atoms with E-state index in [0.717, 1.165) is 22.1 Å². The lowest BCUT2D eigenvalue weighted by Gasteiger charge is -2.02. The van der Waals surface area contributed by atoms with E-state index in [-0.39, 0.29) is 0 Å². The fourth-order valence-corrected chi connectivity index (χ4v) is 3.69. The van der Waals surface area contributed by atoms with Crippen LogP contribution < -0.4 is 0 Å². The normalized spacial score (nSPS) is 10.8. The van der Waals surface area contributed by atoms with E-state index in [9.17, 15) is 5.26 Å². The summed E-state index contributed by atoms with van der Waals surface area (Å²) in [6.07, 6.45) is 0. The molecule has 0 aliphatic carbocycles. The summed E-state index contributed by atoms with van der Waals surface area (Å²) in [4.78, 5) is 4.43. The van der Waals surface area contributed by atoms with Crippen molar-refractivity contribution >= 4 is 22.5 Å². The van der Waals surface area contributed by atoms with Crippen LogP contribution in [0.3, 0.4) is 0 Å². The Morgan fingerprint density at radius 3 is 2.58 bits per heavy atom. The molecule has 4 aromatic rings. The number of thioether (sulfide) groups is 1. The molecule has 0 unspecified atom stereocenters. The van der Waals surface area contributed by atoms with E-state index in [0.29, 0.717) is 16.7 Å². The van der Waals surface area contributed by atoms with E-state index in [2.05, 4.69) is 54.4 Å². The van der Waals surface area contributed by atoms with Crippen molar-refractivity contribution in [1.29, 1.82) is 5.26 Å². The lowest BCUT2D eigenvalue weighted by atomic mass is 10.0. The molecule has 0 saturated carbocycles. The summed E-state index contributed by atoms with van der Waals surface area (Å²) in [5, 5.41) is 12.2. The van der Waals surface area contributed by atoms with Gasteiger partial charge in [-0.05, 0) is 29.3 Å². The summed E-state index contributed by atoms with van der Waals surface area (Å²) in [6.45, 7) is 2.07. The standard InChI is InChI=1S/C22H16N2OS/c1-15-9-11-16(12-10-15)14-26-22-20(13-23)24-21(25-22)19-8-4-6-17-5-2-3-7-18(17)19/h2-12H,14H2,1H3. The van der Waals surface area contributed by atoms with Gasteiger partial charge in [0.1, 0.15) is 6.07 Å². The molecule has 4 rings (SSSR count). The quantitative estimate of drug-likeness (QED) is 0.423. The van der Waals surface area contributed by atoms with Crippen molar-refractivity contribution in [2.24, 2.45) is 0 Å². The van der Waals surface area contributed by atoms with E-state index in [1.165, 1.54) is 22.9 Å². The van der Waals surface area contributed by atoms with Gasteiger partial charge in [0.05, 0.1) is 0 Å². The van der Waals surface area contributed by atoms with Crippen LogP contribution in [-0.2, 0) is 5.75 Å². The molecule has 0 fully saturated rings. The molecule has 126 valence electrons. The predicted octanol–water partition coefficient (Wildman–Crippen LogP) is 5.97. The predicted molar refractivity (Wildman–Crippen MR) is 105 cm³/mol. The minimum Gasteiger partial charge on any atom is -0.428 e. The molecule has 0 saturated heterocycles. The van der Waals surface area contributed by atoms with Crippen molar-refractivity contribution < 1.29 is 4.42 Å². The summed E-state index contributed by atoms with van der Waals surface area (Å²) in [5.41, 5.74) is 3.66. The summed E-state index contributed by atoms with van der Waals surface area (Å²) in [6, 6.07) is 24.6. The first-order valence-electron chi connectivity index (χ1n) is 8.32. The topological polar surface area (TPSA) is 49.8 Å². The Balaban J connectivity index is 1.67. The number of aromatic nitrogens is 1. The largest absolute Gasteiger partial charge is 0.428 e. The molecule has 0 aliphatic rings. The number of nitriles is 1. The number of rotatable bonds is 4. The first-order chi connectivity index (χ1) is 12.7. The lowest BCUT2D eigenvalue weighted by molar-refractivity contribution is 0.483. The molecule has 0 amide bonds. The molecule has 0 bridgehead atoms. The minimum atomic E-state index is 0.338. The lowest BCUT2D eigenvalue weighted by Crippen LogP contribution is -1.82. The van der Waals surface area contributed by atoms with Gasteiger partial charge in [-0.15, -0.1) is 0 Å². The first kappa shape index (κ1) is 16.4. The van der Waals surface area contributed by atoms with Crippen LogP contribution >= 0.6 is 11.8 Å². The molecule has 3 aromatic carbocycles. The highest BCUT2D eigenvalue weighted by molar-refractivity contribution is 7.98. The van der Waals surface area contributed by atoms with Crippen LogP contribution in [0.25, 0.3) is 22.2 Å². The monoisotopic (exact) mass is 356 g/mol. The number of oxazole rings is 1. The van der Waals surface area contributed by atoms with Gasteiger partial charge in [-0.3, -0.25) is 0 Å². The molecule has 1 aromatic heterocycles. The minimum absolute atomic E-state index is 0.338. The summed E-state index contributed by atoms with van der Waals surface area (Å²) in [5.74, 6) is 1.23. The average molecular weight is 356 g/mol. The van der Waals surface area contributed by atoms with E-state index < -0.39 is 0 Å². The molecular weight excluding hydrogens is 340 g/mol. The van der Waals surface area contributed by atoms with Crippen LogP contribution in [0.5, 0.6) is 0 Å². The van der Waals surface area contributed by atoms with Gasteiger partial charge in [0.2, 0.25) is 5.89 Å². The van der Waals surface area contributed by atoms with Gasteiger partial charge in [-0.1, -0.05) is 78.0 Å². The second-order valence-electron chi connectivity index (χ2n) is 6.07. The molecule has 26 heavy (non-hydrogen) atoms. The maximum atomic E-state index is 9.44. The molecule has 0 N–H and O–H groups in total. The zero-order chi connectivity index (χ0) is 17.9. The van der Waals surface area contributed by atoms with Gasteiger partial charge >= 0.3 is 0 Å². The number of hydrogen-bond donors (Lipinski definition) is 0. The third-order valence-electron chi connectivity index (χ3n) is 4.21. The molecule has 4 heteroatoms. The van der Waals surface area contributed by atoms with Crippen LogP contribution in [0.2, 0.25) is 0 Å². The fraction of sp³-hybridized carbons (Fsp3) is 0.0909. The van der Waals surface area contributed by atoms with Crippen molar-refractivity contribution in [3.8, 4) is 17.5 Å². The van der Waals surface area contributed by atoms with Crippen LogP contribution in [-0.4, -0.2) is 4.98 Å². The molecule has 0 aliphatic heterocycles. The van der Waals surface area contributed by atoms with Gasteiger partial charge in [-0.25, -0.2) is 0 Å². The average Bonchev–Trinajstić information content (AvgIpc) is 3.10. The highest BCUT2D eigenvalue weighted by Crippen LogP contribution is 2.34. The van der Waals surface area contributed by atoms with E-state index in [1.54, 1.807) is 0 Å². The first-order valence-corrected chi connectivity index (χ1v) is 9.30. The van der Waals surface area contributed by atoms with Crippen LogP contribution in [0.4, 0.5) is 0 Å². The van der Waals surface area contributed by atoms with E-state index in [4.69, 9.17) is 4.42 Å². The van der Waals surface area contributed by atoms with Gasteiger partial charge in [0.15, 0.2) is 10.8 Å².